The van der Waals surface area contributed by atoms with Crippen molar-refractivity contribution < 1.29 is 23.1 Å². The van der Waals surface area contributed by atoms with E-state index >= 15 is 0 Å². The fraction of sp³-hybridized carbons (Fsp3) is 0.353. The van der Waals surface area contributed by atoms with E-state index in [0.29, 0.717) is 11.6 Å². The largest absolute Gasteiger partial charge is 0.506 e. The number of benzene rings is 3. The van der Waals surface area contributed by atoms with Gasteiger partial charge in [0.2, 0.25) is 0 Å². The lowest BCUT2D eigenvalue weighted by molar-refractivity contribution is -0.137. The number of hydrogen-bond acceptors (Lipinski definition) is 5. The second-order valence-electron chi connectivity index (χ2n) is 11.8. The monoisotopic (exact) mass is 588 g/mol. The number of alkyl halides is 3. The van der Waals surface area contributed by atoms with Crippen LogP contribution in [0.4, 0.5) is 24.5 Å². The molecule has 0 atom stereocenters. The highest BCUT2D eigenvalue weighted by Gasteiger charge is 2.42. The number of halogens is 3. The average molecular weight is 589 g/mol. The van der Waals surface area contributed by atoms with Crippen molar-refractivity contribution in [1.82, 2.24) is 9.88 Å². The predicted octanol–water partition coefficient (Wildman–Crippen LogP) is 7.44. The Balaban J connectivity index is 1.24. The van der Waals surface area contributed by atoms with Crippen molar-refractivity contribution in [2.75, 3.05) is 36.4 Å². The zero-order chi connectivity index (χ0) is 30.2. The first-order valence-corrected chi connectivity index (χ1v) is 14.8. The van der Waals surface area contributed by atoms with Crippen LogP contribution < -0.4 is 10.2 Å². The number of fused-ring (bicyclic) bond motifs is 1. The third kappa shape index (κ3) is 5.78. The zero-order valence-corrected chi connectivity index (χ0v) is 24.1. The van der Waals surface area contributed by atoms with Crippen LogP contribution >= 0.6 is 0 Å². The third-order valence-electron chi connectivity index (χ3n) is 9.18. The predicted molar refractivity (Wildman–Crippen MR) is 162 cm³/mol. The molecule has 2 heterocycles. The van der Waals surface area contributed by atoms with Crippen LogP contribution in [0, 0.1) is 5.92 Å². The Morgan fingerprint density at radius 1 is 0.953 bits per heavy atom. The molecule has 9 heteroatoms. The Bertz CT molecular complexity index is 1610. The number of para-hydroxylation sites is 1. The van der Waals surface area contributed by atoms with E-state index < -0.39 is 23.4 Å². The molecule has 43 heavy (non-hydrogen) atoms. The lowest BCUT2D eigenvalue weighted by Gasteiger charge is -2.51. The van der Waals surface area contributed by atoms with Crippen molar-refractivity contribution in [2.24, 2.45) is 5.92 Å². The number of carbonyl (C=O) groups excluding carboxylic acids is 1. The van der Waals surface area contributed by atoms with Crippen molar-refractivity contribution in [3.05, 3.63) is 95.7 Å². The summed E-state index contributed by atoms with van der Waals surface area (Å²) in [6.07, 6.45) is 0.908. The third-order valence-corrected chi connectivity index (χ3v) is 9.18. The maximum Gasteiger partial charge on any atom is 0.416 e. The maximum absolute atomic E-state index is 13.3. The van der Waals surface area contributed by atoms with E-state index in [4.69, 9.17) is 0 Å². The summed E-state index contributed by atoms with van der Waals surface area (Å²) in [4.78, 5) is 22.4. The van der Waals surface area contributed by atoms with Gasteiger partial charge in [-0.1, -0.05) is 37.3 Å². The van der Waals surface area contributed by atoms with Crippen molar-refractivity contribution in [1.29, 1.82) is 0 Å². The highest BCUT2D eigenvalue weighted by molar-refractivity contribution is 6.09. The Morgan fingerprint density at radius 2 is 1.67 bits per heavy atom. The summed E-state index contributed by atoms with van der Waals surface area (Å²) in [5, 5.41) is 13.8. The SMILES string of the molecule is C[C@H]1CC[C@](c2cccc(NC(=O)c3cnc4cc(C(F)(F)F)ccc4c3O)c2)(N2CCN(c3ccccc3)CC2)CC1. The Morgan fingerprint density at radius 3 is 2.37 bits per heavy atom. The van der Waals surface area contributed by atoms with Gasteiger partial charge in [-0.3, -0.25) is 14.7 Å². The lowest BCUT2D eigenvalue weighted by Crippen LogP contribution is -2.56. The average Bonchev–Trinajstić information content (AvgIpc) is 3.02. The number of rotatable bonds is 5. The van der Waals surface area contributed by atoms with Crippen LogP contribution in [0.15, 0.2) is 79.0 Å². The van der Waals surface area contributed by atoms with Gasteiger partial charge in [0.1, 0.15) is 11.3 Å². The van der Waals surface area contributed by atoms with Gasteiger partial charge in [0.05, 0.1) is 11.1 Å². The fourth-order valence-electron chi connectivity index (χ4n) is 6.67. The van der Waals surface area contributed by atoms with Gasteiger partial charge in [0.15, 0.2) is 0 Å². The number of carbonyl (C=O) groups is 1. The first-order chi connectivity index (χ1) is 20.6. The van der Waals surface area contributed by atoms with E-state index in [-0.39, 0.29) is 22.0 Å². The number of amides is 1. The second-order valence-corrected chi connectivity index (χ2v) is 11.8. The molecule has 1 amide bonds. The van der Waals surface area contributed by atoms with Crippen LogP contribution in [0.2, 0.25) is 0 Å². The highest BCUT2D eigenvalue weighted by atomic mass is 19.4. The normalized spacial score (nSPS) is 21.6. The smallest absolute Gasteiger partial charge is 0.416 e. The molecular weight excluding hydrogens is 553 g/mol. The standard InChI is InChI=1S/C34H35F3N4O2/c1-23-12-14-33(15-13-23,41-18-16-40(17-19-41)27-8-3-2-4-9-27)24-6-5-7-26(20-24)39-32(43)29-22-38-30-21-25(34(35,36)37)10-11-28(30)31(29)42/h2-11,20-23H,12-19H2,1H3,(H,38,42)(H,39,43)/t23-,33-. The molecule has 1 aliphatic carbocycles. The number of nitrogens with one attached hydrogen (secondary N) is 1. The van der Waals surface area contributed by atoms with Crippen LogP contribution in [-0.2, 0) is 11.7 Å². The molecule has 2 fully saturated rings. The first kappa shape index (κ1) is 29.0. The molecule has 3 aromatic carbocycles. The van der Waals surface area contributed by atoms with Crippen LogP contribution in [0.3, 0.4) is 0 Å². The number of aromatic nitrogens is 1. The molecule has 6 rings (SSSR count). The maximum atomic E-state index is 13.3. The molecule has 0 spiro atoms. The number of piperazine rings is 1. The molecule has 1 aromatic heterocycles. The quantitative estimate of drug-likeness (QED) is 0.254. The minimum absolute atomic E-state index is 0.0355. The molecule has 2 aliphatic rings. The van der Waals surface area contributed by atoms with E-state index in [1.807, 2.05) is 24.3 Å². The first-order valence-electron chi connectivity index (χ1n) is 14.8. The van der Waals surface area contributed by atoms with Gasteiger partial charge in [-0.25, -0.2) is 0 Å². The fourth-order valence-corrected chi connectivity index (χ4v) is 6.67. The van der Waals surface area contributed by atoms with Crippen LogP contribution in [0.25, 0.3) is 10.9 Å². The Kier molecular flexibility index (Phi) is 7.77. The summed E-state index contributed by atoms with van der Waals surface area (Å²) >= 11 is 0. The second kappa shape index (κ2) is 11.5. The van der Waals surface area contributed by atoms with Gasteiger partial charge in [0, 0.05) is 54.7 Å². The van der Waals surface area contributed by atoms with Crippen molar-refractivity contribution >= 4 is 28.2 Å². The molecule has 2 N–H and O–H groups in total. The summed E-state index contributed by atoms with van der Waals surface area (Å²) in [6, 6.07) is 21.3. The summed E-state index contributed by atoms with van der Waals surface area (Å²) in [5.74, 6) is -0.314. The molecule has 1 saturated heterocycles. The van der Waals surface area contributed by atoms with Crippen molar-refractivity contribution in [2.45, 2.75) is 44.3 Å². The van der Waals surface area contributed by atoms with E-state index in [0.717, 1.165) is 81.8 Å². The van der Waals surface area contributed by atoms with Crippen LogP contribution in [0.5, 0.6) is 5.75 Å². The highest BCUT2D eigenvalue weighted by Crippen LogP contribution is 2.45. The molecule has 6 nitrogen and oxygen atoms in total. The summed E-state index contributed by atoms with van der Waals surface area (Å²) in [6.45, 7) is 6.06. The van der Waals surface area contributed by atoms with E-state index in [9.17, 15) is 23.1 Å². The molecular formula is C34H35F3N4O2. The number of hydrogen-bond donors (Lipinski definition) is 2. The Hall–Kier alpha value is -4.11. The molecule has 0 unspecified atom stereocenters. The lowest BCUT2D eigenvalue weighted by atomic mass is 9.71. The minimum atomic E-state index is -4.53. The zero-order valence-electron chi connectivity index (χ0n) is 24.1. The van der Waals surface area contributed by atoms with Crippen LogP contribution in [-0.4, -0.2) is 47.1 Å². The van der Waals surface area contributed by atoms with E-state index in [1.54, 1.807) is 0 Å². The van der Waals surface area contributed by atoms with E-state index in [2.05, 4.69) is 57.4 Å². The topological polar surface area (TPSA) is 68.7 Å². The van der Waals surface area contributed by atoms with E-state index in [1.165, 1.54) is 5.69 Å². The van der Waals surface area contributed by atoms with Gasteiger partial charge in [0.25, 0.3) is 5.91 Å². The van der Waals surface area contributed by atoms with Gasteiger partial charge >= 0.3 is 6.18 Å². The number of nitrogens with zero attached hydrogens (tertiary/aromatic N) is 3. The molecule has 1 saturated carbocycles. The van der Waals surface area contributed by atoms with Gasteiger partial charge < -0.3 is 15.3 Å². The van der Waals surface area contributed by atoms with Gasteiger partial charge in [-0.05, 0) is 79.6 Å². The number of aromatic hydroxyl groups is 1. The molecule has 224 valence electrons. The summed E-state index contributed by atoms with van der Waals surface area (Å²) in [7, 11) is 0. The number of pyridine rings is 1. The Labute approximate surface area is 249 Å². The van der Waals surface area contributed by atoms with Gasteiger partial charge in [-0.15, -0.1) is 0 Å². The molecule has 1 aliphatic heterocycles. The molecule has 0 radical (unpaired) electrons. The summed E-state index contributed by atoms with van der Waals surface area (Å²) in [5.41, 5.74) is 1.85. The minimum Gasteiger partial charge on any atom is -0.506 e. The molecule has 0 bridgehead atoms. The van der Waals surface area contributed by atoms with Crippen molar-refractivity contribution in [3.63, 3.8) is 0 Å². The van der Waals surface area contributed by atoms with Crippen LogP contribution in [0.1, 0.15) is 54.1 Å². The summed E-state index contributed by atoms with van der Waals surface area (Å²) < 4.78 is 39.4. The van der Waals surface area contributed by atoms with Gasteiger partial charge in [-0.2, -0.15) is 13.2 Å². The number of anilines is 2. The van der Waals surface area contributed by atoms with Crippen molar-refractivity contribution in [3.8, 4) is 5.75 Å². The molecule has 4 aromatic rings.